The Balaban J connectivity index is 2.73. The van der Waals surface area contributed by atoms with Gasteiger partial charge < -0.3 is 10.1 Å². The number of nitrogens with zero attached hydrogens (tertiary/aromatic N) is 1. The summed E-state index contributed by atoms with van der Waals surface area (Å²) in [5.41, 5.74) is 2.18. The molecule has 16 heavy (non-hydrogen) atoms. The number of aromatic nitrogens is 1. The number of aryl methyl sites for hydroxylation is 1. The minimum absolute atomic E-state index is 0.301. The van der Waals surface area contributed by atoms with Crippen LogP contribution in [0.25, 0.3) is 0 Å². The van der Waals surface area contributed by atoms with Crippen LogP contribution in [0.1, 0.15) is 30.8 Å². The third-order valence-electron chi connectivity index (χ3n) is 2.89. The van der Waals surface area contributed by atoms with Gasteiger partial charge in [0.15, 0.2) is 0 Å². The van der Waals surface area contributed by atoms with Crippen molar-refractivity contribution in [2.24, 2.45) is 5.92 Å². The van der Waals surface area contributed by atoms with Crippen LogP contribution in [-0.4, -0.2) is 25.7 Å². The lowest BCUT2D eigenvalue weighted by Crippen LogP contribution is -2.25. The molecule has 3 heteroatoms. The Labute approximate surface area is 98.2 Å². The third kappa shape index (κ3) is 3.58. The van der Waals surface area contributed by atoms with Crippen molar-refractivity contribution in [1.29, 1.82) is 0 Å². The van der Waals surface area contributed by atoms with E-state index in [1.54, 1.807) is 7.11 Å². The molecule has 3 nitrogen and oxygen atoms in total. The lowest BCUT2D eigenvalue weighted by Gasteiger charge is -2.23. The first-order valence-electron chi connectivity index (χ1n) is 5.78. The van der Waals surface area contributed by atoms with Crippen LogP contribution >= 0.6 is 0 Å². The van der Waals surface area contributed by atoms with Crippen molar-refractivity contribution in [3.05, 3.63) is 29.6 Å². The van der Waals surface area contributed by atoms with Crippen molar-refractivity contribution in [2.45, 2.75) is 26.3 Å². The first-order valence-corrected chi connectivity index (χ1v) is 5.78. The molecule has 0 fully saturated rings. The number of ether oxygens (including phenoxy) is 1. The summed E-state index contributed by atoms with van der Waals surface area (Å²) in [5.74, 6) is 0.513. The first kappa shape index (κ1) is 13.1. The number of hydrogen-bond acceptors (Lipinski definition) is 3. The molecule has 0 aliphatic rings. The minimum atomic E-state index is 0.301. The van der Waals surface area contributed by atoms with E-state index in [0.29, 0.717) is 12.0 Å². The normalized spacial score (nSPS) is 14.8. The van der Waals surface area contributed by atoms with Crippen LogP contribution in [-0.2, 0) is 4.74 Å². The van der Waals surface area contributed by atoms with Gasteiger partial charge in [0.25, 0.3) is 0 Å². The maximum atomic E-state index is 5.12. The molecule has 0 radical (unpaired) electrons. The van der Waals surface area contributed by atoms with Gasteiger partial charge in [0, 0.05) is 19.4 Å². The van der Waals surface area contributed by atoms with Gasteiger partial charge in [0.2, 0.25) is 0 Å². The summed E-state index contributed by atoms with van der Waals surface area (Å²) in [6, 6.07) is 6.47. The fourth-order valence-corrected chi connectivity index (χ4v) is 1.93. The molecule has 90 valence electrons. The lowest BCUT2D eigenvalue weighted by atomic mass is 9.95. The molecule has 1 rings (SSSR count). The summed E-state index contributed by atoms with van der Waals surface area (Å²) in [4.78, 5) is 4.57. The fraction of sp³-hybridized carbons (Fsp3) is 0.615. The summed E-state index contributed by atoms with van der Waals surface area (Å²) < 4.78 is 5.12. The maximum absolute atomic E-state index is 5.12. The van der Waals surface area contributed by atoms with Crippen LogP contribution in [0, 0.1) is 12.8 Å². The van der Waals surface area contributed by atoms with Gasteiger partial charge in [-0.25, -0.2) is 0 Å². The quantitative estimate of drug-likeness (QED) is 0.802. The molecule has 0 spiro atoms. The van der Waals surface area contributed by atoms with E-state index in [9.17, 15) is 0 Å². The molecule has 0 saturated carbocycles. The molecule has 0 aliphatic heterocycles. The second-order valence-corrected chi connectivity index (χ2v) is 4.23. The summed E-state index contributed by atoms with van der Waals surface area (Å²) in [7, 11) is 3.73. The van der Waals surface area contributed by atoms with Gasteiger partial charge in [0.05, 0.1) is 11.7 Å². The molecule has 0 aliphatic carbocycles. The van der Waals surface area contributed by atoms with E-state index in [2.05, 4.69) is 29.4 Å². The molecular weight excluding hydrogens is 200 g/mol. The number of nitrogens with one attached hydrogen (secondary N) is 1. The molecule has 1 N–H and O–H groups in total. The average Bonchev–Trinajstić information content (AvgIpc) is 2.27. The zero-order chi connectivity index (χ0) is 12.0. The van der Waals surface area contributed by atoms with E-state index in [4.69, 9.17) is 4.74 Å². The molecule has 1 aromatic rings. The molecule has 0 aromatic carbocycles. The predicted octanol–water partition coefficient (Wildman–Crippen LogP) is 2.32. The van der Waals surface area contributed by atoms with Gasteiger partial charge in [-0.2, -0.15) is 0 Å². The van der Waals surface area contributed by atoms with Gasteiger partial charge in [-0.05, 0) is 38.4 Å². The van der Waals surface area contributed by atoms with Crippen LogP contribution in [0.15, 0.2) is 18.2 Å². The Kier molecular flexibility index (Phi) is 5.43. The average molecular weight is 222 g/mol. The van der Waals surface area contributed by atoms with E-state index in [-0.39, 0.29) is 0 Å². The van der Waals surface area contributed by atoms with Crippen LogP contribution in [0.2, 0.25) is 0 Å². The Bertz CT molecular complexity index is 315. The second-order valence-electron chi connectivity index (χ2n) is 4.23. The highest BCUT2D eigenvalue weighted by Crippen LogP contribution is 2.22. The van der Waals surface area contributed by atoms with Gasteiger partial charge in [-0.1, -0.05) is 13.0 Å². The van der Waals surface area contributed by atoms with Crippen molar-refractivity contribution in [3.63, 3.8) is 0 Å². The van der Waals surface area contributed by atoms with Gasteiger partial charge in [-0.15, -0.1) is 0 Å². The lowest BCUT2D eigenvalue weighted by molar-refractivity contribution is 0.171. The van der Waals surface area contributed by atoms with Crippen LogP contribution in [0.4, 0.5) is 0 Å². The fourth-order valence-electron chi connectivity index (χ4n) is 1.93. The zero-order valence-corrected chi connectivity index (χ0v) is 10.7. The molecule has 0 amide bonds. The van der Waals surface area contributed by atoms with Crippen molar-refractivity contribution < 1.29 is 4.74 Å². The van der Waals surface area contributed by atoms with Crippen LogP contribution in [0.3, 0.4) is 0 Å². The molecule has 1 aromatic heterocycles. The molecule has 2 atom stereocenters. The predicted molar refractivity (Wildman–Crippen MR) is 66.4 cm³/mol. The van der Waals surface area contributed by atoms with E-state index >= 15 is 0 Å². The molecule has 0 saturated heterocycles. The maximum Gasteiger partial charge on any atom is 0.0579 e. The molecular formula is C13H22N2O. The Hall–Kier alpha value is -0.930. The molecule has 2 unspecified atom stereocenters. The number of methoxy groups -OCH3 is 1. The van der Waals surface area contributed by atoms with Gasteiger partial charge in [-0.3, -0.25) is 4.98 Å². The van der Waals surface area contributed by atoms with Gasteiger partial charge >= 0.3 is 0 Å². The number of pyridine rings is 1. The highest BCUT2D eigenvalue weighted by Gasteiger charge is 2.18. The molecule has 1 heterocycles. The second kappa shape index (κ2) is 6.61. The summed E-state index contributed by atoms with van der Waals surface area (Å²) in [6.07, 6.45) is 1.04. The van der Waals surface area contributed by atoms with E-state index in [1.165, 1.54) is 0 Å². The largest absolute Gasteiger partial charge is 0.385 e. The summed E-state index contributed by atoms with van der Waals surface area (Å²) in [5, 5.41) is 3.34. The highest BCUT2D eigenvalue weighted by molar-refractivity contribution is 5.14. The first-order chi connectivity index (χ1) is 7.69. The SMILES string of the molecule is CNC(c1cccc(C)n1)C(C)CCOC. The smallest absolute Gasteiger partial charge is 0.0579 e. The monoisotopic (exact) mass is 222 g/mol. The van der Waals surface area contributed by atoms with Gasteiger partial charge in [0.1, 0.15) is 0 Å². The van der Waals surface area contributed by atoms with Crippen LogP contribution < -0.4 is 5.32 Å². The van der Waals surface area contributed by atoms with E-state index < -0.39 is 0 Å². The minimum Gasteiger partial charge on any atom is -0.385 e. The summed E-state index contributed by atoms with van der Waals surface area (Å²) in [6.45, 7) is 5.05. The van der Waals surface area contributed by atoms with E-state index in [0.717, 1.165) is 24.4 Å². The number of rotatable bonds is 6. The van der Waals surface area contributed by atoms with E-state index in [1.807, 2.05) is 20.0 Å². The third-order valence-corrected chi connectivity index (χ3v) is 2.89. The Morgan fingerprint density at radius 3 is 2.75 bits per heavy atom. The summed E-state index contributed by atoms with van der Waals surface area (Å²) >= 11 is 0. The van der Waals surface area contributed by atoms with Crippen molar-refractivity contribution in [1.82, 2.24) is 10.3 Å². The standard InChI is InChI=1S/C13H22N2O/c1-10(8-9-16-4)13(14-3)12-7-5-6-11(2)15-12/h5-7,10,13-14H,8-9H2,1-4H3. The molecule has 0 bridgehead atoms. The van der Waals surface area contributed by atoms with Crippen molar-refractivity contribution >= 4 is 0 Å². The zero-order valence-electron chi connectivity index (χ0n) is 10.7. The Morgan fingerprint density at radius 2 is 2.19 bits per heavy atom. The number of hydrogen-bond donors (Lipinski definition) is 1. The Morgan fingerprint density at radius 1 is 1.44 bits per heavy atom. The van der Waals surface area contributed by atoms with Crippen molar-refractivity contribution in [2.75, 3.05) is 20.8 Å². The van der Waals surface area contributed by atoms with Crippen molar-refractivity contribution in [3.8, 4) is 0 Å². The van der Waals surface area contributed by atoms with Crippen LogP contribution in [0.5, 0.6) is 0 Å². The highest BCUT2D eigenvalue weighted by atomic mass is 16.5. The topological polar surface area (TPSA) is 34.2 Å².